The third-order valence-electron chi connectivity index (χ3n) is 8.36. The summed E-state index contributed by atoms with van der Waals surface area (Å²) in [6.07, 6.45) is 2.37. The summed E-state index contributed by atoms with van der Waals surface area (Å²) < 4.78 is 0. The maximum atomic E-state index is 10.5. The summed E-state index contributed by atoms with van der Waals surface area (Å²) in [4.78, 5) is 17.0. The number of phenolic OH excluding ortho intramolecular Hbond substituents is 1. The highest BCUT2D eigenvalue weighted by Gasteiger charge is 2.36. The van der Waals surface area contributed by atoms with Gasteiger partial charge in [-0.25, -0.2) is 4.98 Å². The lowest BCUT2D eigenvalue weighted by Gasteiger charge is -2.43. The molecule has 0 saturated carbocycles. The van der Waals surface area contributed by atoms with Gasteiger partial charge in [-0.2, -0.15) is 4.98 Å². The number of aromatic nitrogens is 2. The van der Waals surface area contributed by atoms with Gasteiger partial charge in [0, 0.05) is 55.3 Å². The van der Waals surface area contributed by atoms with Gasteiger partial charge in [0.05, 0.1) is 15.6 Å². The smallest absolute Gasteiger partial charge is 0.228 e. The second-order valence-corrected chi connectivity index (χ2v) is 11.9. The van der Waals surface area contributed by atoms with Crippen LogP contribution in [0.3, 0.4) is 0 Å². The molecule has 1 aromatic heterocycles. The predicted octanol–water partition coefficient (Wildman–Crippen LogP) is 5.15. The van der Waals surface area contributed by atoms with E-state index in [1.54, 1.807) is 12.1 Å². The Bertz CT molecular complexity index is 1560. The maximum Gasteiger partial charge on any atom is 0.228 e. The van der Waals surface area contributed by atoms with Gasteiger partial charge in [-0.1, -0.05) is 47.5 Å². The minimum absolute atomic E-state index is 0.168. The molecule has 2 unspecified atom stereocenters. The van der Waals surface area contributed by atoms with Crippen molar-refractivity contribution in [3.8, 4) is 16.9 Å². The molecule has 4 heterocycles. The molecule has 7 nitrogen and oxygen atoms in total. The second kappa shape index (κ2) is 9.12. The number of nitrogens with zero attached hydrogens (tertiary/aromatic N) is 5. The zero-order valence-electron chi connectivity index (χ0n) is 21.5. The number of anilines is 2. The number of aromatic hydroxyl groups is 1. The highest BCUT2D eigenvalue weighted by Crippen LogP contribution is 2.46. The molecule has 3 fully saturated rings. The quantitative estimate of drug-likeness (QED) is 0.365. The van der Waals surface area contributed by atoms with Crippen LogP contribution in [0.25, 0.3) is 32.8 Å². The molecule has 3 aliphatic rings. The van der Waals surface area contributed by atoms with E-state index in [-0.39, 0.29) is 5.75 Å². The first kappa shape index (κ1) is 24.2. The molecule has 0 amide bonds. The zero-order valence-corrected chi connectivity index (χ0v) is 23.0. The van der Waals surface area contributed by atoms with Gasteiger partial charge >= 0.3 is 0 Å². The molecule has 3 saturated heterocycles. The van der Waals surface area contributed by atoms with Crippen molar-refractivity contribution >= 4 is 56.6 Å². The Morgan fingerprint density at radius 2 is 1.66 bits per heavy atom. The minimum Gasteiger partial charge on any atom is -0.508 e. The largest absolute Gasteiger partial charge is 0.508 e. The Hall–Kier alpha value is -2.84. The number of rotatable bonds is 4. The van der Waals surface area contributed by atoms with Crippen LogP contribution in [0.1, 0.15) is 12.8 Å². The number of hydrogen-bond acceptors (Lipinski definition) is 7. The van der Waals surface area contributed by atoms with Crippen LogP contribution in [0.2, 0.25) is 10.0 Å². The summed E-state index contributed by atoms with van der Waals surface area (Å²) in [5.74, 6) is 1.77. The molecule has 2 N–H and O–H groups in total. The van der Waals surface area contributed by atoms with Gasteiger partial charge in [0.2, 0.25) is 5.95 Å². The Balaban J connectivity index is 1.43. The third-order valence-corrected chi connectivity index (χ3v) is 9.02. The van der Waals surface area contributed by atoms with Crippen molar-refractivity contribution in [3.63, 3.8) is 0 Å². The number of likely N-dealkylation sites (N-methyl/N-ethyl adjacent to an activating group) is 1. The van der Waals surface area contributed by atoms with Gasteiger partial charge < -0.3 is 25.1 Å². The van der Waals surface area contributed by atoms with Crippen LogP contribution in [-0.4, -0.2) is 78.4 Å². The number of fused-ring (bicyclic) bond motifs is 4. The first-order chi connectivity index (χ1) is 18.4. The summed E-state index contributed by atoms with van der Waals surface area (Å²) in [7, 11) is 4.21. The third kappa shape index (κ3) is 3.95. The second-order valence-electron chi connectivity index (χ2n) is 11.1. The maximum absolute atomic E-state index is 10.5. The van der Waals surface area contributed by atoms with E-state index in [1.165, 1.54) is 12.8 Å². The molecular weight excluding hydrogens is 519 g/mol. The van der Waals surface area contributed by atoms with E-state index in [9.17, 15) is 5.11 Å². The molecule has 4 aromatic rings. The molecule has 3 aliphatic heterocycles. The Kier molecular flexibility index (Phi) is 5.82. The van der Waals surface area contributed by atoms with Gasteiger partial charge in [0.1, 0.15) is 11.6 Å². The number of nitrogens with one attached hydrogen (secondary N) is 1. The van der Waals surface area contributed by atoms with Crippen LogP contribution in [0.5, 0.6) is 5.75 Å². The summed E-state index contributed by atoms with van der Waals surface area (Å²) >= 11 is 14.2. The molecule has 7 rings (SSSR count). The van der Waals surface area contributed by atoms with Crippen molar-refractivity contribution in [3.05, 3.63) is 52.5 Å². The Labute approximate surface area is 232 Å². The van der Waals surface area contributed by atoms with Gasteiger partial charge in [-0.05, 0) is 61.5 Å². The first-order valence-electron chi connectivity index (χ1n) is 13.2. The number of benzene rings is 3. The fourth-order valence-electron chi connectivity index (χ4n) is 6.21. The lowest BCUT2D eigenvalue weighted by Crippen LogP contribution is -2.58. The molecule has 9 heteroatoms. The van der Waals surface area contributed by atoms with Crippen LogP contribution < -0.4 is 15.1 Å². The van der Waals surface area contributed by atoms with Crippen LogP contribution in [0.15, 0.2) is 42.5 Å². The van der Waals surface area contributed by atoms with Gasteiger partial charge in [-0.3, -0.25) is 0 Å². The average Bonchev–Trinajstić information content (AvgIpc) is 3.20. The normalized spacial score (nSPS) is 21.6. The van der Waals surface area contributed by atoms with Crippen LogP contribution in [-0.2, 0) is 0 Å². The monoisotopic (exact) mass is 548 g/mol. The lowest BCUT2D eigenvalue weighted by molar-refractivity contribution is 0.245. The highest BCUT2D eigenvalue weighted by molar-refractivity contribution is 6.43. The molecule has 0 spiro atoms. The summed E-state index contributed by atoms with van der Waals surface area (Å²) in [6.45, 7) is 3.55. The number of halogens is 2. The standard InChI is InChI=1S/C29H30Cl2N6O/c1-35(2)19-14-37(15-19)29-33-27-23(28(34-29)36-12-17-7-8-18(13-36)32-17)11-24(30)25(26(27)31)22-10-20(38)9-16-5-3-4-6-21(16)22/h3-6,9-11,17-19,32,38H,7-8,12-15H2,1-2H3. The summed E-state index contributed by atoms with van der Waals surface area (Å²) in [5, 5.41) is 18.0. The molecule has 2 atom stereocenters. The average molecular weight is 550 g/mol. The number of phenols is 1. The number of hydrogen-bond donors (Lipinski definition) is 2. The summed E-state index contributed by atoms with van der Waals surface area (Å²) in [6, 6.07) is 14.8. The van der Waals surface area contributed by atoms with E-state index < -0.39 is 0 Å². The van der Waals surface area contributed by atoms with Crippen molar-refractivity contribution in [2.75, 3.05) is 50.1 Å². The van der Waals surface area contributed by atoms with E-state index in [4.69, 9.17) is 33.2 Å². The molecular formula is C29H30Cl2N6O. The van der Waals surface area contributed by atoms with Crippen molar-refractivity contribution in [1.29, 1.82) is 0 Å². The topological polar surface area (TPSA) is 67.8 Å². The molecule has 0 radical (unpaired) electrons. The minimum atomic E-state index is 0.168. The molecule has 2 bridgehead atoms. The van der Waals surface area contributed by atoms with Gasteiger partial charge in [0.25, 0.3) is 0 Å². The molecule has 196 valence electrons. The van der Waals surface area contributed by atoms with E-state index in [2.05, 4.69) is 34.1 Å². The fraction of sp³-hybridized carbons (Fsp3) is 0.379. The highest BCUT2D eigenvalue weighted by atomic mass is 35.5. The Morgan fingerprint density at radius 3 is 2.39 bits per heavy atom. The number of piperazine rings is 1. The molecule has 38 heavy (non-hydrogen) atoms. The lowest BCUT2D eigenvalue weighted by atomic mass is 9.96. The van der Waals surface area contributed by atoms with Crippen molar-refractivity contribution in [2.24, 2.45) is 0 Å². The molecule has 3 aromatic carbocycles. The Morgan fingerprint density at radius 1 is 0.921 bits per heavy atom. The fourth-order valence-corrected chi connectivity index (χ4v) is 6.92. The van der Waals surface area contributed by atoms with Gasteiger partial charge in [-0.15, -0.1) is 0 Å². The van der Waals surface area contributed by atoms with Crippen LogP contribution in [0.4, 0.5) is 11.8 Å². The predicted molar refractivity (Wildman–Crippen MR) is 156 cm³/mol. The molecule has 0 aliphatic carbocycles. The van der Waals surface area contributed by atoms with E-state index in [0.29, 0.717) is 45.2 Å². The van der Waals surface area contributed by atoms with Gasteiger partial charge in [0.15, 0.2) is 0 Å². The first-order valence-corrected chi connectivity index (χ1v) is 14.0. The zero-order chi connectivity index (χ0) is 26.1. The van der Waals surface area contributed by atoms with Crippen LogP contribution >= 0.6 is 23.2 Å². The van der Waals surface area contributed by atoms with Crippen molar-refractivity contribution in [2.45, 2.75) is 31.0 Å². The van der Waals surface area contributed by atoms with E-state index >= 15 is 0 Å². The van der Waals surface area contributed by atoms with Crippen LogP contribution in [0, 0.1) is 0 Å². The van der Waals surface area contributed by atoms with E-state index in [1.807, 2.05) is 30.3 Å². The van der Waals surface area contributed by atoms with Crippen molar-refractivity contribution < 1.29 is 5.11 Å². The summed E-state index contributed by atoms with van der Waals surface area (Å²) in [5.41, 5.74) is 2.16. The van der Waals surface area contributed by atoms with Crippen molar-refractivity contribution in [1.82, 2.24) is 20.2 Å². The SMILES string of the molecule is CN(C)C1CN(c2nc(N3CC4CCC(C3)N4)c3cc(Cl)c(-c4cc(O)cc5ccccc45)c(Cl)c3n2)C1. The van der Waals surface area contributed by atoms with E-state index in [0.717, 1.165) is 53.7 Å².